The Morgan fingerprint density at radius 2 is 1.75 bits per heavy atom. The van der Waals surface area contributed by atoms with Crippen molar-refractivity contribution >= 4 is 0 Å². The van der Waals surface area contributed by atoms with Crippen LogP contribution in [0.25, 0.3) is 0 Å². The fourth-order valence-corrected chi connectivity index (χ4v) is 1.00. The zero-order valence-electron chi connectivity index (χ0n) is 8.25. The van der Waals surface area contributed by atoms with E-state index in [1.807, 2.05) is 12.2 Å². The number of hydrogen-bond acceptors (Lipinski definition) is 1. The first kappa shape index (κ1) is 11.4. The lowest BCUT2D eigenvalue weighted by Crippen LogP contribution is -2.18. The molecular formula is C11H20O. The second-order valence-corrected chi connectivity index (χ2v) is 3.03. The zero-order valence-corrected chi connectivity index (χ0v) is 8.25. The highest BCUT2D eigenvalue weighted by atomic mass is 16.5. The summed E-state index contributed by atoms with van der Waals surface area (Å²) < 4.78 is 5.74. The SMILES string of the molecule is C=CCC(CC=C)OC(C)CC. The Bertz CT molecular complexity index is 119. The van der Waals surface area contributed by atoms with Gasteiger partial charge in [-0.1, -0.05) is 19.1 Å². The average Bonchev–Trinajstić information content (AvgIpc) is 2.05. The summed E-state index contributed by atoms with van der Waals surface area (Å²) >= 11 is 0. The van der Waals surface area contributed by atoms with Gasteiger partial charge in [-0.15, -0.1) is 13.2 Å². The van der Waals surface area contributed by atoms with Crippen molar-refractivity contribution in [3.63, 3.8) is 0 Å². The Hall–Kier alpha value is -0.560. The lowest BCUT2D eigenvalue weighted by atomic mass is 10.1. The normalized spacial score (nSPS) is 12.9. The third kappa shape index (κ3) is 5.14. The molecule has 1 unspecified atom stereocenters. The first-order valence-electron chi connectivity index (χ1n) is 4.61. The molecule has 0 aliphatic carbocycles. The van der Waals surface area contributed by atoms with Crippen molar-refractivity contribution in [3.05, 3.63) is 25.3 Å². The molecule has 0 saturated heterocycles. The Kier molecular flexibility index (Phi) is 6.78. The Morgan fingerprint density at radius 3 is 2.08 bits per heavy atom. The van der Waals surface area contributed by atoms with E-state index in [-0.39, 0.29) is 6.10 Å². The van der Waals surface area contributed by atoms with Crippen LogP contribution < -0.4 is 0 Å². The molecule has 0 amide bonds. The van der Waals surface area contributed by atoms with Gasteiger partial charge in [0.1, 0.15) is 0 Å². The fraction of sp³-hybridized carbons (Fsp3) is 0.636. The quantitative estimate of drug-likeness (QED) is 0.530. The van der Waals surface area contributed by atoms with Gasteiger partial charge < -0.3 is 4.74 Å². The second-order valence-electron chi connectivity index (χ2n) is 3.03. The summed E-state index contributed by atoms with van der Waals surface area (Å²) in [4.78, 5) is 0. The van der Waals surface area contributed by atoms with Crippen LogP contribution in [-0.4, -0.2) is 12.2 Å². The van der Waals surface area contributed by atoms with E-state index in [0.717, 1.165) is 19.3 Å². The van der Waals surface area contributed by atoms with E-state index in [2.05, 4.69) is 27.0 Å². The summed E-state index contributed by atoms with van der Waals surface area (Å²) in [7, 11) is 0. The van der Waals surface area contributed by atoms with Gasteiger partial charge in [0, 0.05) is 0 Å². The van der Waals surface area contributed by atoms with Gasteiger partial charge in [-0.05, 0) is 26.2 Å². The first-order chi connectivity index (χ1) is 5.74. The summed E-state index contributed by atoms with van der Waals surface area (Å²) in [6.45, 7) is 11.6. The van der Waals surface area contributed by atoms with Crippen LogP contribution in [0.3, 0.4) is 0 Å². The highest BCUT2D eigenvalue weighted by molar-refractivity contribution is 4.80. The van der Waals surface area contributed by atoms with Crippen molar-refractivity contribution in [2.24, 2.45) is 0 Å². The van der Waals surface area contributed by atoms with E-state index in [1.54, 1.807) is 0 Å². The number of ether oxygens (including phenoxy) is 1. The third-order valence-corrected chi connectivity index (χ3v) is 1.86. The van der Waals surface area contributed by atoms with Crippen molar-refractivity contribution in [2.75, 3.05) is 0 Å². The van der Waals surface area contributed by atoms with Gasteiger partial charge in [-0.3, -0.25) is 0 Å². The van der Waals surface area contributed by atoms with Crippen molar-refractivity contribution in [3.8, 4) is 0 Å². The van der Waals surface area contributed by atoms with Gasteiger partial charge in [-0.25, -0.2) is 0 Å². The van der Waals surface area contributed by atoms with Gasteiger partial charge in [0.15, 0.2) is 0 Å². The predicted octanol–water partition coefficient (Wildman–Crippen LogP) is 3.32. The monoisotopic (exact) mass is 168 g/mol. The molecule has 0 aromatic carbocycles. The van der Waals surface area contributed by atoms with Gasteiger partial charge in [0.2, 0.25) is 0 Å². The van der Waals surface area contributed by atoms with Crippen LogP contribution in [0.5, 0.6) is 0 Å². The van der Waals surface area contributed by atoms with Gasteiger partial charge >= 0.3 is 0 Å². The molecule has 0 fully saturated rings. The molecule has 0 aliphatic heterocycles. The molecule has 0 radical (unpaired) electrons. The zero-order chi connectivity index (χ0) is 9.40. The van der Waals surface area contributed by atoms with Gasteiger partial charge in [-0.2, -0.15) is 0 Å². The second kappa shape index (κ2) is 7.11. The standard InChI is InChI=1S/C11H20O/c1-5-8-11(9-6-2)12-10(4)7-3/h5-6,10-11H,1-2,7-9H2,3-4H3. The van der Waals surface area contributed by atoms with E-state index in [9.17, 15) is 0 Å². The molecule has 0 aromatic heterocycles. The van der Waals surface area contributed by atoms with Crippen LogP contribution in [0.4, 0.5) is 0 Å². The van der Waals surface area contributed by atoms with Crippen LogP contribution in [0.2, 0.25) is 0 Å². The maximum absolute atomic E-state index is 5.74. The van der Waals surface area contributed by atoms with E-state index >= 15 is 0 Å². The van der Waals surface area contributed by atoms with Crippen LogP contribution >= 0.6 is 0 Å². The largest absolute Gasteiger partial charge is 0.375 e. The van der Waals surface area contributed by atoms with Gasteiger partial charge in [0.25, 0.3) is 0 Å². The predicted molar refractivity (Wildman–Crippen MR) is 54.3 cm³/mol. The van der Waals surface area contributed by atoms with E-state index in [1.165, 1.54) is 0 Å². The fourth-order valence-electron chi connectivity index (χ4n) is 1.00. The van der Waals surface area contributed by atoms with E-state index in [4.69, 9.17) is 4.74 Å². The van der Waals surface area contributed by atoms with Crippen LogP contribution in [-0.2, 0) is 4.74 Å². The highest BCUT2D eigenvalue weighted by Crippen LogP contribution is 2.10. The molecule has 1 atom stereocenters. The lowest BCUT2D eigenvalue weighted by Gasteiger charge is -2.19. The average molecular weight is 168 g/mol. The minimum absolute atomic E-state index is 0.273. The third-order valence-electron chi connectivity index (χ3n) is 1.86. The highest BCUT2D eigenvalue weighted by Gasteiger charge is 2.08. The molecule has 0 aromatic rings. The maximum atomic E-state index is 5.74. The Morgan fingerprint density at radius 1 is 1.25 bits per heavy atom. The Balaban J connectivity index is 3.75. The minimum Gasteiger partial charge on any atom is -0.375 e. The molecule has 1 heteroatoms. The topological polar surface area (TPSA) is 9.23 Å². The molecule has 0 N–H and O–H groups in total. The first-order valence-corrected chi connectivity index (χ1v) is 4.61. The summed E-state index contributed by atoms with van der Waals surface area (Å²) in [6.07, 6.45) is 7.30. The summed E-state index contributed by atoms with van der Waals surface area (Å²) in [6, 6.07) is 0. The molecule has 0 bridgehead atoms. The summed E-state index contributed by atoms with van der Waals surface area (Å²) in [5.74, 6) is 0. The van der Waals surface area contributed by atoms with Crippen molar-refractivity contribution in [1.82, 2.24) is 0 Å². The summed E-state index contributed by atoms with van der Waals surface area (Å²) in [5.41, 5.74) is 0. The molecular weight excluding hydrogens is 148 g/mol. The molecule has 0 saturated carbocycles. The summed E-state index contributed by atoms with van der Waals surface area (Å²) in [5, 5.41) is 0. The van der Waals surface area contributed by atoms with Gasteiger partial charge in [0.05, 0.1) is 12.2 Å². The molecule has 0 rings (SSSR count). The Labute approximate surface area is 76.1 Å². The number of hydrogen-bond donors (Lipinski definition) is 0. The number of rotatable bonds is 7. The molecule has 12 heavy (non-hydrogen) atoms. The van der Waals surface area contributed by atoms with Crippen molar-refractivity contribution in [1.29, 1.82) is 0 Å². The lowest BCUT2D eigenvalue weighted by molar-refractivity contribution is 0.0000437. The molecule has 0 spiro atoms. The molecule has 70 valence electrons. The van der Waals surface area contributed by atoms with Crippen molar-refractivity contribution in [2.45, 2.75) is 45.3 Å². The maximum Gasteiger partial charge on any atom is 0.0647 e. The smallest absolute Gasteiger partial charge is 0.0647 e. The van der Waals surface area contributed by atoms with Crippen LogP contribution in [0.1, 0.15) is 33.1 Å². The van der Waals surface area contributed by atoms with E-state index in [0.29, 0.717) is 6.10 Å². The van der Waals surface area contributed by atoms with Crippen molar-refractivity contribution < 1.29 is 4.74 Å². The molecule has 0 heterocycles. The molecule has 0 aliphatic rings. The van der Waals surface area contributed by atoms with Crippen LogP contribution in [0.15, 0.2) is 25.3 Å². The minimum atomic E-state index is 0.273. The van der Waals surface area contributed by atoms with E-state index < -0.39 is 0 Å². The molecule has 1 nitrogen and oxygen atoms in total. The van der Waals surface area contributed by atoms with Crippen LogP contribution in [0, 0.1) is 0 Å².